The molecule has 1 aliphatic heterocycles. The quantitative estimate of drug-likeness (QED) is 0.879. The summed E-state index contributed by atoms with van der Waals surface area (Å²) in [4.78, 5) is 11.0. The standard InChI is InChI=1S/C12H18N2O5S/c1-12(2)8-19-5-4-14(12)20(17,18)9-6-10(11(15)16)13(3)7-9/h6-7H,4-5,8H2,1-3H3,(H,15,16). The molecule has 0 spiro atoms. The van der Waals surface area contributed by atoms with Gasteiger partial charge in [0.2, 0.25) is 10.0 Å². The molecular weight excluding hydrogens is 284 g/mol. The fourth-order valence-corrected chi connectivity index (χ4v) is 4.13. The van der Waals surface area contributed by atoms with E-state index in [2.05, 4.69) is 0 Å². The second kappa shape index (κ2) is 4.87. The normalized spacial score (nSPS) is 19.9. The molecular formula is C12H18N2O5S. The minimum atomic E-state index is -3.74. The maximum atomic E-state index is 12.7. The fourth-order valence-electron chi connectivity index (χ4n) is 2.30. The number of carboxylic acids is 1. The second-order valence-corrected chi connectivity index (χ2v) is 7.28. The SMILES string of the molecule is Cn1cc(S(=O)(=O)N2CCOCC2(C)C)cc1C(=O)O. The number of rotatable bonds is 3. The van der Waals surface area contributed by atoms with Crippen LogP contribution < -0.4 is 0 Å². The second-order valence-electron chi connectivity index (χ2n) is 5.42. The van der Waals surface area contributed by atoms with Gasteiger partial charge in [0.1, 0.15) is 10.6 Å². The van der Waals surface area contributed by atoms with Crippen molar-refractivity contribution in [2.24, 2.45) is 7.05 Å². The average molecular weight is 302 g/mol. The van der Waals surface area contributed by atoms with Crippen molar-refractivity contribution in [3.05, 3.63) is 18.0 Å². The number of ether oxygens (including phenoxy) is 1. The Morgan fingerprint density at radius 3 is 2.60 bits per heavy atom. The van der Waals surface area contributed by atoms with Crippen LogP contribution in [0.4, 0.5) is 0 Å². The number of aromatic nitrogens is 1. The monoisotopic (exact) mass is 302 g/mol. The maximum absolute atomic E-state index is 12.7. The summed E-state index contributed by atoms with van der Waals surface area (Å²) in [7, 11) is -2.23. The molecule has 0 atom stereocenters. The molecule has 0 saturated carbocycles. The van der Waals surface area contributed by atoms with E-state index in [-0.39, 0.29) is 17.1 Å². The van der Waals surface area contributed by atoms with Crippen molar-refractivity contribution in [3.8, 4) is 0 Å². The average Bonchev–Trinajstić information content (AvgIpc) is 2.71. The van der Waals surface area contributed by atoms with Gasteiger partial charge in [0.25, 0.3) is 0 Å². The van der Waals surface area contributed by atoms with Crippen LogP contribution in [0, 0.1) is 0 Å². The maximum Gasteiger partial charge on any atom is 0.352 e. The van der Waals surface area contributed by atoms with E-state index in [4.69, 9.17) is 9.84 Å². The van der Waals surface area contributed by atoms with E-state index in [0.29, 0.717) is 13.2 Å². The molecule has 112 valence electrons. The molecule has 0 aliphatic carbocycles. The molecule has 0 unspecified atom stereocenters. The van der Waals surface area contributed by atoms with Gasteiger partial charge in [-0.25, -0.2) is 13.2 Å². The summed E-state index contributed by atoms with van der Waals surface area (Å²) in [6, 6.07) is 1.18. The summed E-state index contributed by atoms with van der Waals surface area (Å²) >= 11 is 0. The Labute approximate surface area is 117 Å². The number of carbonyl (C=O) groups is 1. The van der Waals surface area contributed by atoms with Crippen LogP contribution in [0.5, 0.6) is 0 Å². The van der Waals surface area contributed by atoms with Gasteiger partial charge in [-0.2, -0.15) is 4.31 Å². The van der Waals surface area contributed by atoms with E-state index in [1.165, 1.54) is 28.2 Å². The molecule has 0 radical (unpaired) electrons. The number of aromatic carboxylic acids is 1. The van der Waals surface area contributed by atoms with E-state index < -0.39 is 21.5 Å². The molecule has 1 aromatic heterocycles. The van der Waals surface area contributed by atoms with Crippen LogP contribution >= 0.6 is 0 Å². The van der Waals surface area contributed by atoms with Gasteiger partial charge in [0, 0.05) is 19.8 Å². The smallest absolute Gasteiger partial charge is 0.352 e. The highest BCUT2D eigenvalue weighted by molar-refractivity contribution is 7.89. The van der Waals surface area contributed by atoms with Gasteiger partial charge < -0.3 is 14.4 Å². The summed E-state index contributed by atoms with van der Waals surface area (Å²) in [5, 5.41) is 9.01. The van der Waals surface area contributed by atoms with Gasteiger partial charge in [-0.3, -0.25) is 0 Å². The molecule has 1 fully saturated rings. The van der Waals surface area contributed by atoms with E-state index in [0.717, 1.165) is 0 Å². The van der Waals surface area contributed by atoms with Crippen LogP contribution in [-0.2, 0) is 21.8 Å². The predicted octanol–water partition coefficient (Wildman–Crippen LogP) is 0.523. The number of nitrogens with zero attached hydrogens (tertiary/aromatic N) is 2. The predicted molar refractivity (Wildman–Crippen MR) is 71.2 cm³/mol. The Morgan fingerprint density at radius 1 is 1.45 bits per heavy atom. The Kier molecular flexibility index (Phi) is 3.66. The molecule has 2 heterocycles. The Balaban J connectivity index is 2.45. The summed E-state index contributed by atoms with van der Waals surface area (Å²) < 4.78 is 33.3. The first-order valence-corrected chi connectivity index (χ1v) is 7.60. The van der Waals surface area contributed by atoms with Crippen molar-refractivity contribution in [1.29, 1.82) is 0 Å². The first-order chi connectivity index (χ1) is 9.16. The topological polar surface area (TPSA) is 88.8 Å². The van der Waals surface area contributed by atoms with Crippen LogP contribution in [0.25, 0.3) is 0 Å². The molecule has 2 rings (SSSR count). The highest BCUT2D eigenvalue weighted by Gasteiger charge is 2.40. The van der Waals surface area contributed by atoms with Crippen LogP contribution in [0.3, 0.4) is 0 Å². The molecule has 1 aromatic rings. The highest BCUT2D eigenvalue weighted by atomic mass is 32.2. The lowest BCUT2D eigenvalue weighted by Gasteiger charge is -2.40. The summed E-state index contributed by atoms with van der Waals surface area (Å²) in [6.07, 6.45) is 1.32. The molecule has 0 amide bonds. The Bertz CT molecular complexity index is 632. The largest absolute Gasteiger partial charge is 0.477 e. The van der Waals surface area contributed by atoms with Crippen molar-refractivity contribution in [1.82, 2.24) is 8.87 Å². The lowest BCUT2D eigenvalue weighted by molar-refractivity contribution is -0.00770. The lowest BCUT2D eigenvalue weighted by atomic mass is 10.1. The third kappa shape index (κ3) is 2.46. The van der Waals surface area contributed by atoms with Crippen molar-refractivity contribution in [3.63, 3.8) is 0 Å². The van der Waals surface area contributed by atoms with Gasteiger partial charge >= 0.3 is 5.97 Å². The van der Waals surface area contributed by atoms with Crippen molar-refractivity contribution < 1.29 is 23.1 Å². The molecule has 0 aromatic carbocycles. The number of carboxylic acid groups (broad SMARTS) is 1. The summed E-state index contributed by atoms with van der Waals surface area (Å²) in [5.74, 6) is -1.16. The Morgan fingerprint density at radius 2 is 2.10 bits per heavy atom. The zero-order valence-electron chi connectivity index (χ0n) is 11.7. The number of aryl methyl sites for hydroxylation is 1. The number of morpholine rings is 1. The summed E-state index contributed by atoms with van der Waals surface area (Å²) in [6.45, 7) is 4.47. The number of sulfonamides is 1. The molecule has 1 aliphatic rings. The highest BCUT2D eigenvalue weighted by Crippen LogP contribution is 2.28. The summed E-state index contributed by atoms with van der Waals surface area (Å²) in [5.41, 5.74) is -0.717. The number of hydrogen-bond donors (Lipinski definition) is 1. The minimum absolute atomic E-state index is 0.00706. The zero-order valence-corrected chi connectivity index (χ0v) is 12.5. The Hall–Kier alpha value is -1.38. The molecule has 1 N–H and O–H groups in total. The molecule has 7 nitrogen and oxygen atoms in total. The first-order valence-electron chi connectivity index (χ1n) is 6.16. The molecule has 1 saturated heterocycles. The van der Waals surface area contributed by atoms with Crippen molar-refractivity contribution in [2.75, 3.05) is 19.8 Å². The fraction of sp³-hybridized carbons (Fsp3) is 0.583. The van der Waals surface area contributed by atoms with Gasteiger partial charge in [0.05, 0.1) is 18.8 Å². The van der Waals surface area contributed by atoms with Crippen molar-refractivity contribution in [2.45, 2.75) is 24.3 Å². The van der Waals surface area contributed by atoms with Crippen LogP contribution in [0.15, 0.2) is 17.2 Å². The third-order valence-electron chi connectivity index (χ3n) is 3.36. The van der Waals surface area contributed by atoms with Crippen molar-refractivity contribution >= 4 is 16.0 Å². The minimum Gasteiger partial charge on any atom is -0.477 e. The van der Waals surface area contributed by atoms with Gasteiger partial charge in [-0.05, 0) is 19.9 Å². The molecule has 20 heavy (non-hydrogen) atoms. The van der Waals surface area contributed by atoms with Crippen LogP contribution in [-0.4, -0.2) is 53.7 Å². The van der Waals surface area contributed by atoms with E-state index >= 15 is 0 Å². The van der Waals surface area contributed by atoms with Crippen LogP contribution in [0.2, 0.25) is 0 Å². The first kappa shape index (κ1) is 15.0. The number of hydrogen-bond acceptors (Lipinski definition) is 4. The zero-order chi connectivity index (χ0) is 15.1. The van der Waals surface area contributed by atoms with E-state index in [9.17, 15) is 13.2 Å². The molecule has 0 bridgehead atoms. The third-order valence-corrected chi connectivity index (χ3v) is 5.43. The van der Waals surface area contributed by atoms with Crippen LogP contribution in [0.1, 0.15) is 24.3 Å². The molecule has 8 heteroatoms. The lowest BCUT2D eigenvalue weighted by Crippen LogP contribution is -2.55. The van der Waals surface area contributed by atoms with E-state index in [1.807, 2.05) is 0 Å². The van der Waals surface area contributed by atoms with E-state index in [1.54, 1.807) is 13.8 Å². The van der Waals surface area contributed by atoms with Gasteiger partial charge in [-0.15, -0.1) is 0 Å². The van der Waals surface area contributed by atoms with Gasteiger partial charge in [0.15, 0.2) is 0 Å². The van der Waals surface area contributed by atoms with Gasteiger partial charge in [-0.1, -0.05) is 0 Å².